The number of halogens is 2. The first-order valence-electron chi connectivity index (χ1n) is 5.45. The molecule has 0 spiro atoms. The Bertz CT molecular complexity index is 736. The van der Waals surface area contributed by atoms with Gasteiger partial charge in [0.15, 0.2) is 5.82 Å². The summed E-state index contributed by atoms with van der Waals surface area (Å²) in [6, 6.07) is 8.69. The predicted molar refractivity (Wildman–Crippen MR) is 79.0 cm³/mol. The molecule has 0 aliphatic carbocycles. The van der Waals surface area contributed by atoms with Gasteiger partial charge in [-0.15, -0.1) is 0 Å². The minimum Gasteiger partial charge on any atom is -0.337 e. The van der Waals surface area contributed by atoms with Crippen LogP contribution in [-0.2, 0) is 0 Å². The molecule has 0 saturated heterocycles. The fourth-order valence-electron chi connectivity index (χ4n) is 1.76. The summed E-state index contributed by atoms with van der Waals surface area (Å²) in [5.74, 6) is 0.570. The Morgan fingerprint density at radius 3 is 2.58 bits per heavy atom. The molecule has 7 heteroatoms. The number of rotatable bonds is 2. The van der Waals surface area contributed by atoms with Crippen molar-refractivity contribution in [2.75, 3.05) is 5.32 Å². The van der Waals surface area contributed by atoms with Crippen molar-refractivity contribution in [2.24, 2.45) is 0 Å². The van der Waals surface area contributed by atoms with E-state index in [0.29, 0.717) is 27.0 Å². The molecule has 0 unspecified atom stereocenters. The van der Waals surface area contributed by atoms with Crippen molar-refractivity contribution >= 4 is 59.2 Å². The van der Waals surface area contributed by atoms with E-state index in [1.54, 1.807) is 24.3 Å². The summed E-state index contributed by atoms with van der Waals surface area (Å²) in [6.45, 7) is 0. The second-order valence-corrected chi connectivity index (χ2v) is 4.86. The fourth-order valence-corrected chi connectivity index (χ4v) is 2.29. The monoisotopic (exact) mass is 288 g/mol. The number of H-pyrrole nitrogens is 1. The largest absolute Gasteiger partial charge is 0.337 e. The number of hydrogen-bond acceptors (Lipinski definition) is 3. The highest BCUT2D eigenvalue weighted by Crippen LogP contribution is 2.26. The molecule has 0 aliphatic rings. The van der Waals surface area contributed by atoms with E-state index in [-0.39, 0.29) is 0 Å². The molecule has 1 aromatic carbocycles. The van der Waals surface area contributed by atoms with Gasteiger partial charge in [0, 0.05) is 15.7 Å². The number of anilines is 2. The third-order valence-corrected chi connectivity index (χ3v) is 2.99. The van der Waals surface area contributed by atoms with Gasteiger partial charge < -0.3 is 5.32 Å². The van der Waals surface area contributed by atoms with Crippen molar-refractivity contribution in [3.63, 3.8) is 0 Å². The standard InChI is InChI=1S/C12H7BCl2N4/c13-10-2-1-9-11(17-10)12(19-18-9)16-8-4-6(14)3-7(15)5-8/h1-5H,(H2,16,18,19). The van der Waals surface area contributed by atoms with Gasteiger partial charge in [-0.2, -0.15) is 5.10 Å². The van der Waals surface area contributed by atoms with Crippen LogP contribution >= 0.6 is 23.2 Å². The third kappa shape index (κ3) is 2.52. The number of aromatic nitrogens is 3. The molecule has 2 heterocycles. The minimum absolute atomic E-state index is 0.432. The summed E-state index contributed by atoms with van der Waals surface area (Å²) in [7, 11) is 5.67. The van der Waals surface area contributed by atoms with Gasteiger partial charge in [0.25, 0.3) is 0 Å². The van der Waals surface area contributed by atoms with E-state index in [9.17, 15) is 0 Å². The van der Waals surface area contributed by atoms with E-state index >= 15 is 0 Å². The van der Waals surface area contributed by atoms with Crippen molar-refractivity contribution in [1.29, 1.82) is 0 Å². The van der Waals surface area contributed by atoms with Gasteiger partial charge in [-0.05, 0) is 35.9 Å². The molecule has 0 amide bonds. The summed E-state index contributed by atoms with van der Waals surface area (Å²) in [5, 5.41) is 11.2. The van der Waals surface area contributed by atoms with Gasteiger partial charge in [-0.1, -0.05) is 23.2 Å². The van der Waals surface area contributed by atoms with Gasteiger partial charge in [-0.3, -0.25) is 10.1 Å². The molecule has 0 atom stereocenters. The highest BCUT2D eigenvalue weighted by Gasteiger charge is 2.08. The molecule has 19 heavy (non-hydrogen) atoms. The third-order valence-electron chi connectivity index (χ3n) is 2.55. The Morgan fingerprint density at radius 2 is 1.84 bits per heavy atom. The van der Waals surface area contributed by atoms with Gasteiger partial charge in [0.1, 0.15) is 13.4 Å². The lowest BCUT2D eigenvalue weighted by Crippen LogP contribution is -2.06. The van der Waals surface area contributed by atoms with Crippen LogP contribution in [0.5, 0.6) is 0 Å². The van der Waals surface area contributed by atoms with Crippen LogP contribution in [0.15, 0.2) is 30.3 Å². The Kier molecular flexibility index (Phi) is 3.08. The van der Waals surface area contributed by atoms with Crippen LogP contribution in [0.4, 0.5) is 11.5 Å². The minimum atomic E-state index is 0.432. The van der Waals surface area contributed by atoms with Crippen LogP contribution in [0.3, 0.4) is 0 Å². The number of benzene rings is 1. The fraction of sp³-hybridized carbons (Fsp3) is 0. The zero-order valence-corrected chi connectivity index (χ0v) is 11.1. The number of nitrogens with zero attached hydrogens (tertiary/aromatic N) is 2. The van der Waals surface area contributed by atoms with Gasteiger partial charge in [0.2, 0.25) is 0 Å². The summed E-state index contributed by atoms with van der Waals surface area (Å²) in [5.41, 5.74) is 2.62. The normalized spacial score (nSPS) is 10.8. The zero-order chi connectivity index (χ0) is 13.4. The molecule has 2 N–H and O–H groups in total. The highest BCUT2D eigenvalue weighted by molar-refractivity contribution is 6.35. The molecular weight excluding hydrogens is 282 g/mol. The van der Waals surface area contributed by atoms with E-state index in [0.717, 1.165) is 11.2 Å². The van der Waals surface area contributed by atoms with E-state index in [1.165, 1.54) is 0 Å². The average Bonchev–Trinajstić information content (AvgIpc) is 2.70. The van der Waals surface area contributed by atoms with Crippen molar-refractivity contribution in [3.05, 3.63) is 40.4 Å². The lowest BCUT2D eigenvalue weighted by atomic mass is 10.0. The Hall–Kier alpha value is -1.72. The molecule has 0 bridgehead atoms. The van der Waals surface area contributed by atoms with E-state index in [4.69, 9.17) is 31.0 Å². The zero-order valence-electron chi connectivity index (χ0n) is 9.61. The summed E-state index contributed by atoms with van der Waals surface area (Å²) >= 11 is 11.9. The smallest absolute Gasteiger partial charge is 0.178 e. The maximum atomic E-state index is 5.95. The Morgan fingerprint density at radius 1 is 1.11 bits per heavy atom. The topological polar surface area (TPSA) is 53.6 Å². The van der Waals surface area contributed by atoms with Crippen LogP contribution in [0.1, 0.15) is 0 Å². The number of nitrogens with one attached hydrogen (secondary N) is 2. The molecule has 0 fully saturated rings. The van der Waals surface area contributed by atoms with Crippen LogP contribution < -0.4 is 10.9 Å². The quantitative estimate of drug-likeness (QED) is 0.713. The van der Waals surface area contributed by atoms with Crippen LogP contribution in [0, 0.1) is 0 Å². The first-order valence-corrected chi connectivity index (χ1v) is 6.21. The molecule has 0 saturated carbocycles. The first kappa shape index (κ1) is 12.3. The van der Waals surface area contributed by atoms with E-state index < -0.39 is 0 Å². The van der Waals surface area contributed by atoms with Gasteiger partial charge in [0.05, 0.1) is 5.52 Å². The van der Waals surface area contributed by atoms with Crippen molar-refractivity contribution in [2.45, 2.75) is 0 Å². The van der Waals surface area contributed by atoms with Crippen LogP contribution in [0.2, 0.25) is 10.0 Å². The van der Waals surface area contributed by atoms with Crippen molar-refractivity contribution in [3.8, 4) is 0 Å². The summed E-state index contributed by atoms with van der Waals surface area (Å²) in [6.07, 6.45) is 0. The molecule has 0 aliphatic heterocycles. The van der Waals surface area contributed by atoms with Crippen LogP contribution in [-0.4, -0.2) is 23.0 Å². The first-order chi connectivity index (χ1) is 9.11. The molecule has 3 aromatic rings. The van der Waals surface area contributed by atoms with E-state index in [1.807, 2.05) is 6.07 Å². The average molecular weight is 289 g/mol. The van der Waals surface area contributed by atoms with E-state index in [2.05, 4.69) is 20.5 Å². The van der Waals surface area contributed by atoms with Gasteiger partial charge in [-0.25, -0.2) is 0 Å². The van der Waals surface area contributed by atoms with Crippen LogP contribution in [0.25, 0.3) is 11.0 Å². The maximum Gasteiger partial charge on any atom is 0.178 e. The second-order valence-electron chi connectivity index (χ2n) is 3.99. The number of fused-ring (bicyclic) bond motifs is 1. The second kappa shape index (κ2) is 4.76. The van der Waals surface area contributed by atoms with Gasteiger partial charge >= 0.3 is 0 Å². The Labute approximate surface area is 120 Å². The molecule has 4 nitrogen and oxygen atoms in total. The molecule has 3 rings (SSSR count). The predicted octanol–water partition coefficient (Wildman–Crippen LogP) is 2.80. The van der Waals surface area contributed by atoms with Crippen molar-refractivity contribution in [1.82, 2.24) is 15.2 Å². The number of pyridine rings is 1. The molecule has 2 aromatic heterocycles. The maximum absolute atomic E-state index is 5.95. The number of hydrogen-bond donors (Lipinski definition) is 2. The highest BCUT2D eigenvalue weighted by atomic mass is 35.5. The molecule has 2 radical (unpaired) electrons. The lowest BCUT2D eigenvalue weighted by molar-refractivity contribution is 1.12. The SMILES string of the molecule is [B]c1ccc2[nH]nc(Nc3cc(Cl)cc(Cl)c3)c2n1. The number of aromatic amines is 1. The molecule has 92 valence electrons. The summed E-state index contributed by atoms with van der Waals surface area (Å²) in [4.78, 5) is 4.23. The lowest BCUT2D eigenvalue weighted by Gasteiger charge is -2.04. The summed E-state index contributed by atoms with van der Waals surface area (Å²) < 4.78 is 0. The van der Waals surface area contributed by atoms with Crippen molar-refractivity contribution < 1.29 is 0 Å². The molecular formula is C12H7BCl2N4. The Balaban J connectivity index is 2.03.